The summed E-state index contributed by atoms with van der Waals surface area (Å²) in [6.45, 7) is 6.28. The first-order valence-corrected chi connectivity index (χ1v) is 11.0. The van der Waals surface area contributed by atoms with Crippen LogP contribution in [0, 0.1) is 0 Å². The number of ether oxygens (including phenoxy) is 1. The molecule has 0 radical (unpaired) electrons. The normalized spacial score (nSPS) is 17.4. The number of anilines is 2. The fourth-order valence-electron chi connectivity index (χ4n) is 3.89. The summed E-state index contributed by atoms with van der Waals surface area (Å²) in [6.07, 6.45) is 0. The number of carbonyl (C=O) groups is 1. The highest BCUT2D eigenvalue weighted by Gasteiger charge is 2.23. The number of aliphatic hydroxyl groups excluding tert-OH is 1. The molecular formula is C22H30N6O4. The van der Waals surface area contributed by atoms with Crippen LogP contribution in [0.1, 0.15) is 0 Å². The van der Waals surface area contributed by atoms with Gasteiger partial charge < -0.3 is 30.1 Å². The van der Waals surface area contributed by atoms with Crippen LogP contribution in [0.4, 0.5) is 11.8 Å². The van der Waals surface area contributed by atoms with Gasteiger partial charge in [0.25, 0.3) is 0 Å². The Labute approximate surface area is 187 Å². The van der Waals surface area contributed by atoms with Crippen LogP contribution in [-0.4, -0.2) is 103 Å². The molecule has 172 valence electrons. The molecule has 1 amide bonds. The zero-order chi connectivity index (χ0) is 22.3. The quantitative estimate of drug-likeness (QED) is 0.542. The number of nitrogens with zero attached hydrogens (tertiary/aromatic N) is 5. The smallest absolute Gasteiger partial charge is 0.234 e. The van der Waals surface area contributed by atoms with Crippen LogP contribution in [0.5, 0.6) is 5.75 Å². The van der Waals surface area contributed by atoms with E-state index in [0.29, 0.717) is 25.7 Å². The number of amides is 1. The van der Waals surface area contributed by atoms with Gasteiger partial charge in [-0.1, -0.05) is 12.1 Å². The molecule has 1 aromatic heterocycles. The number of piperazine rings is 1. The van der Waals surface area contributed by atoms with E-state index in [1.165, 1.54) is 0 Å². The van der Waals surface area contributed by atoms with Crippen molar-refractivity contribution in [1.82, 2.24) is 20.2 Å². The number of carbonyl (C=O) groups excluding carboxylic acids is 1. The second-order valence-electron chi connectivity index (χ2n) is 7.90. The third-order valence-electron chi connectivity index (χ3n) is 5.63. The van der Waals surface area contributed by atoms with Gasteiger partial charge in [-0.25, -0.2) is 4.98 Å². The Balaban J connectivity index is 1.51. The molecule has 2 aliphatic rings. The lowest BCUT2D eigenvalue weighted by molar-refractivity contribution is -0.122. The molecule has 2 fully saturated rings. The van der Waals surface area contributed by atoms with Gasteiger partial charge in [-0.15, -0.1) is 0 Å². The number of benzene rings is 1. The number of aromatic nitrogens is 2. The summed E-state index contributed by atoms with van der Waals surface area (Å²) in [6, 6.07) is 9.05. The molecule has 2 saturated heterocycles. The molecule has 3 N–H and O–H groups in total. The number of nitrogens with one attached hydrogen (secondary N) is 1. The fourth-order valence-corrected chi connectivity index (χ4v) is 3.89. The Morgan fingerprint density at radius 2 is 1.81 bits per heavy atom. The van der Waals surface area contributed by atoms with Crippen molar-refractivity contribution in [3.05, 3.63) is 30.3 Å². The molecule has 0 spiro atoms. The molecule has 2 aromatic rings. The number of phenolic OH excluding ortho intramolecular Hbond substituents is 1. The topological polar surface area (TPSA) is 114 Å². The van der Waals surface area contributed by atoms with Crippen LogP contribution in [0.25, 0.3) is 11.3 Å². The summed E-state index contributed by atoms with van der Waals surface area (Å²) in [4.78, 5) is 28.0. The Morgan fingerprint density at radius 1 is 1.03 bits per heavy atom. The highest BCUT2D eigenvalue weighted by atomic mass is 16.5. The van der Waals surface area contributed by atoms with Crippen molar-refractivity contribution < 1.29 is 19.7 Å². The standard InChI is InChI=1S/C22H30N6O4/c29-11-4-23-21(31)16-26-5-7-27(8-6-26)20-15-19(17-2-1-3-18(30)14-17)24-22(25-20)28-9-12-32-13-10-28/h1-3,14-15,29-30H,4-13,16H2,(H,23,31). The largest absolute Gasteiger partial charge is 0.508 e. The molecule has 1 aromatic carbocycles. The lowest BCUT2D eigenvalue weighted by atomic mass is 10.1. The predicted molar refractivity (Wildman–Crippen MR) is 121 cm³/mol. The average Bonchev–Trinajstić information content (AvgIpc) is 2.83. The highest BCUT2D eigenvalue weighted by molar-refractivity contribution is 5.78. The van der Waals surface area contributed by atoms with Crippen LogP contribution in [0.15, 0.2) is 30.3 Å². The van der Waals surface area contributed by atoms with E-state index in [2.05, 4.69) is 20.0 Å². The number of hydrogen-bond donors (Lipinski definition) is 3. The van der Waals surface area contributed by atoms with E-state index in [0.717, 1.165) is 56.3 Å². The van der Waals surface area contributed by atoms with E-state index in [1.807, 2.05) is 18.2 Å². The van der Waals surface area contributed by atoms with Crippen molar-refractivity contribution in [2.24, 2.45) is 0 Å². The molecule has 0 aliphatic carbocycles. The van der Waals surface area contributed by atoms with Gasteiger partial charge in [0.05, 0.1) is 32.1 Å². The van der Waals surface area contributed by atoms with Gasteiger partial charge in [-0.2, -0.15) is 4.98 Å². The summed E-state index contributed by atoms with van der Waals surface area (Å²) in [5, 5.41) is 21.5. The first-order chi connectivity index (χ1) is 15.6. The van der Waals surface area contributed by atoms with Crippen molar-refractivity contribution in [3.8, 4) is 17.0 Å². The zero-order valence-corrected chi connectivity index (χ0v) is 18.1. The minimum atomic E-state index is -0.0738. The number of aromatic hydroxyl groups is 1. The predicted octanol–water partition coefficient (Wildman–Crippen LogP) is -0.0837. The van der Waals surface area contributed by atoms with Gasteiger partial charge >= 0.3 is 0 Å². The molecule has 2 aliphatic heterocycles. The molecule has 0 unspecified atom stereocenters. The Kier molecular flexibility index (Phi) is 7.35. The van der Waals surface area contributed by atoms with E-state index in [4.69, 9.17) is 19.8 Å². The van der Waals surface area contributed by atoms with Crippen LogP contribution in [-0.2, 0) is 9.53 Å². The minimum Gasteiger partial charge on any atom is -0.508 e. The highest BCUT2D eigenvalue weighted by Crippen LogP contribution is 2.28. The van der Waals surface area contributed by atoms with Crippen LogP contribution >= 0.6 is 0 Å². The Bertz CT molecular complexity index is 913. The molecule has 0 saturated carbocycles. The van der Waals surface area contributed by atoms with E-state index in [-0.39, 0.29) is 24.8 Å². The van der Waals surface area contributed by atoms with Gasteiger partial charge in [0.15, 0.2) is 0 Å². The average molecular weight is 443 g/mol. The molecule has 4 rings (SSSR count). The Morgan fingerprint density at radius 3 is 2.53 bits per heavy atom. The summed E-state index contributed by atoms with van der Waals surface area (Å²) >= 11 is 0. The maximum atomic E-state index is 11.9. The molecule has 3 heterocycles. The second kappa shape index (κ2) is 10.6. The van der Waals surface area contributed by atoms with Gasteiger partial charge in [-0.05, 0) is 12.1 Å². The van der Waals surface area contributed by atoms with Crippen molar-refractivity contribution in [2.45, 2.75) is 0 Å². The van der Waals surface area contributed by atoms with E-state index in [1.54, 1.807) is 12.1 Å². The first-order valence-electron chi connectivity index (χ1n) is 11.0. The molecule has 10 heteroatoms. The van der Waals surface area contributed by atoms with Crippen molar-refractivity contribution in [3.63, 3.8) is 0 Å². The third kappa shape index (κ3) is 5.64. The number of phenols is 1. The third-order valence-corrected chi connectivity index (χ3v) is 5.63. The van der Waals surface area contributed by atoms with Crippen molar-refractivity contribution in [1.29, 1.82) is 0 Å². The number of morpholine rings is 1. The summed E-state index contributed by atoms with van der Waals surface area (Å²) < 4.78 is 5.47. The van der Waals surface area contributed by atoms with Gasteiger partial charge in [0.1, 0.15) is 11.6 Å². The lowest BCUT2D eigenvalue weighted by Crippen LogP contribution is -2.50. The van der Waals surface area contributed by atoms with E-state index in [9.17, 15) is 9.90 Å². The van der Waals surface area contributed by atoms with E-state index >= 15 is 0 Å². The monoisotopic (exact) mass is 442 g/mol. The lowest BCUT2D eigenvalue weighted by Gasteiger charge is -2.35. The SMILES string of the molecule is O=C(CN1CCN(c2cc(-c3cccc(O)c3)nc(N3CCOCC3)n2)CC1)NCCO. The summed E-state index contributed by atoms with van der Waals surface area (Å²) in [5.74, 6) is 1.62. The van der Waals surface area contributed by atoms with Crippen LogP contribution < -0.4 is 15.1 Å². The molecule has 10 nitrogen and oxygen atoms in total. The fraction of sp³-hybridized carbons (Fsp3) is 0.500. The van der Waals surface area contributed by atoms with Gasteiger partial charge in [0, 0.05) is 57.4 Å². The number of aliphatic hydroxyl groups is 1. The molecule has 32 heavy (non-hydrogen) atoms. The first kappa shape index (κ1) is 22.3. The number of rotatable bonds is 7. The van der Waals surface area contributed by atoms with Gasteiger partial charge in [0.2, 0.25) is 11.9 Å². The van der Waals surface area contributed by atoms with Crippen molar-refractivity contribution in [2.75, 3.05) is 82.0 Å². The van der Waals surface area contributed by atoms with Gasteiger partial charge in [-0.3, -0.25) is 9.69 Å². The molecule has 0 bridgehead atoms. The summed E-state index contributed by atoms with van der Waals surface area (Å²) in [7, 11) is 0. The maximum absolute atomic E-state index is 11.9. The van der Waals surface area contributed by atoms with Crippen LogP contribution in [0.3, 0.4) is 0 Å². The maximum Gasteiger partial charge on any atom is 0.234 e. The Hall–Kier alpha value is -2.95. The van der Waals surface area contributed by atoms with Crippen molar-refractivity contribution >= 4 is 17.7 Å². The molecular weight excluding hydrogens is 412 g/mol. The molecule has 0 atom stereocenters. The van der Waals surface area contributed by atoms with E-state index < -0.39 is 0 Å². The summed E-state index contributed by atoms with van der Waals surface area (Å²) in [5.41, 5.74) is 1.60. The number of hydrogen-bond acceptors (Lipinski definition) is 9. The second-order valence-corrected chi connectivity index (χ2v) is 7.90. The zero-order valence-electron chi connectivity index (χ0n) is 18.1. The van der Waals surface area contributed by atoms with Crippen LogP contribution in [0.2, 0.25) is 0 Å². The minimum absolute atomic E-state index is 0.0553.